The van der Waals surface area contributed by atoms with E-state index in [1.54, 1.807) is 18.4 Å². The summed E-state index contributed by atoms with van der Waals surface area (Å²) in [5.74, 6) is -0.292. The minimum Gasteiger partial charge on any atom is -0.406 e. The van der Waals surface area contributed by atoms with Gasteiger partial charge in [-0.2, -0.15) is 0 Å². The SMILES string of the molecule is CC(=O)Cc1nc(-c2cc(C)cc(OC(F)(F)F)c2)cs1. The van der Waals surface area contributed by atoms with Gasteiger partial charge < -0.3 is 4.74 Å². The number of ketones is 1. The van der Waals surface area contributed by atoms with E-state index in [1.165, 1.54) is 30.4 Å². The van der Waals surface area contributed by atoms with E-state index >= 15 is 0 Å². The summed E-state index contributed by atoms with van der Waals surface area (Å²) in [6, 6.07) is 4.31. The zero-order valence-corrected chi connectivity index (χ0v) is 12.1. The molecule has 0 bridgehead atoms. The molecule has 0 aliphatic rings. The van der Waals surface area contributed by atoms with Gasteiger partial charge in [0.15, 0.2) is 0 Å². The van der Waals surface area contributed by atoms with Crippen molar-refractivity contribution in [1.29, 1.82) is 0 Å². The van der Waals surface area contributed by atoms with Crippen LogP contribution in [0.5, 0.6) is 5.75 Å². The molecule has 1 aromatic heterocycles. The smallest absolute Gasteiger partial charge is 0.406 e. The average molecular weight is 315 g/mol. The minimum absolute atomic E-state index is 0.0127. The van der Waals surface area contributed by atoms with Crippen molar-refractivity contribution in [2.24, 2.45) is 0 Å². The third-order valence-electron chi connectivity index (χ3n) is 2.53. The Morgan fingerprint density at radius 1 is 1.33 bits per heavy atom. The van der Waals surface area contributed by atoms with Gasteiger partial charge in [0.25, 0.3) is 0 Å². The highest BCUT2D eigenvalue weighted by Crippen LogP contribution is 2.30. The van der Waals surface area contributed by atoms with Gasteiger partial charge in [0.05, 0.1) is 12.1 Å². The number of thiazole rings is 1. The standard InChI is InChI=1S/C14H12F3NO2S/c1-8-3-10(6-11(4-8)20-14(15,16)17)12-7-21-13(18-12)5-9(2)19/h3-4,6-7H,5H2,1-2H3. The summed E-state index contributed by atoms with van der Waals surface area (Å²) in [4.78, 5) is 15.3. The van der Waals surface area contributed by atoms with E-state index in [1.807, 2.05) is 0 Å². The van der Waals surface area contributed by atoms with Crippen molar-refractivity contribution >= 4 is 17.1 Å². The normalized spacial score (nSPS) is 11.5. The lowest BCUT2D eigenvalue weighted by Gasteiger charge is -2.10. The first-order valence-electron chi connectivity index (χ1n) is 6.04. The van der Waals surface area contributed by atoms with E-state index in [0.29, 0.717) is 21.8 Å². The van der Waals surface area contributed by atoms with E-state index in [-0.39, 0.29) is 18.0 Å². The molecular formula is C14H12F3NO2S. The van der Waals surface area contributed by atoms with Crippen LogP contribution in [0.15, 0.2) is 23.6 Å². The summed E-state index contributed by atoms with van der Waals surface area (Å²) in [5.41, 5.74) is 1.69. The first kappa shape index (κ1) is 15.5. The number of aryl methyl sites for hydroxylation is 1. The van der Waals surface area contributed by atoms with Crippen LogP contribution in [0.1, 0.15) is 17.5 Å². The number of carbonyl (C=O) groups is 1. The van der Waals surface area contributed by atoms with Crippen molar-refractivity contribution < 1.29 is 22.7 Å². The fourth-order valence-electron chi connectivity index (χ4n) is 1.83. The molecule has 2 aromatic rings. The van der Waals surface area contributed by atoms with Gasteiger partial charge in [-0.05, 0) is 37.6 Å². The van der Waals surface area contributed by atoms with Gasteiger partial charge in [-0.15, -0.1) is 24.5 Å². The van der Waals surface area contributed by atoms with Crippen LogP contribution in [0, 0.1) is 6.92 Å². The van der Waals surface area contributed by atoms with Gasteiger partial charge in [-0.1, -0.05) is 0 Å². The Labute approximate surface area is 123 Å². The molecule has 0 aliphatic heterocycles. The van der Waals surface area contributed by atoms with Crippen LogP contribution >= 0.6 is 11.3 Å². The van der Waals surface area contributed by atoms with Crippen LogP contribution in [-0.4, -0.2) is 17.1 Å². The molecule has 0 N–H and O–H groups in total. The van der Waals surface area contributed by atoms with Crippen molar-refractivity contribution in [3.05, 3.63) is 34.2 Å². The van der Waals surface area contributed by atoms with Crippen molar-refractivity contribution in [2.45, 2.75) is 26.6 Å². The summed E-state index contributed by atoms with van der Waals surface area (Å²) in [6.45, 7) is 3.14. The highest BCUT2D eigenvalue weighted by molar-refractivity contribution is 7.10. The molecule has 0 unspecified atom stereocenters. The van der Waals surface area contributed by atoms with Crippen LogP contribution in [0.25, 0.3) is 11.3 Å². The molecule has 7 heteroatoms. The lowest BCUT2D eigenvalue weighted by Crippen LogP contribution is -2.17. The van der Waals surface area contributed by atoms with Crippen LogP contribution in [-0.2, 0) is 11.2 Å². The summed E-state index contributed by atoms with van der Waals surface area (Å²) in [6.07, 6.45) is -4.50. The number of nitrogens with zero attached hydrogens (tertiary/aromatic N) is 1. The molecule has 0 radical (unpaired) electrons. The Morgan fingerprint density at radius 2 is 2.05 bits per heavy atom. The predicted molar refractivity (Wildman–Crippen MR) is 73.4 cm³/mol. The quantitative estimate of drug-likeness (QED) is 0.851. The summed E-state index contributed by atoms with van der Waals surface area (Å²) in [5, 5.41) is 2.35. The maximum Gasteiger partial charge on any atom is 0.573 e. The minimum atomic E-state index is -4.73. The first-order valence-corrected chi connectivity index (χ1v) is 6.92. The third-order valence-corrected chi connectivity index (χ3v) is 3.38. The highest BCUT2D eigenvalue weighted by Gasteiger charge is 2.31. The van der Waals surface area contributed by atoms with E-state index in [4.69, 9.17) is 0 Å². The molecule has 2 rings (SSSR count). The van der Waals surface area contributed by atoms with Crippen molar-refractivity contribution in [3.63, 3.8) is 0 Å². The van der Waals surface area contributed by atoms with Crippen LogP contribution in [0.4, 0.5) is 13.2 Å². The van der Waals surface area contributed by atoms with Gasteiger partial charge in [0.2, 0.25) is 0 Å². The molecule has 0 atom stereocenters. The number of carbonyl (C=O) groups excluding carboxylic acids is 1. The summed E-state index contributed by atoms with van der Waals surface area (Å²) >= 11 is 1.30. The maximum atomic E-state index is 12.3. The van der Waals surface area contributed by atoms with E-state index < -0.39 is 6.36 Å². The van der Waals surface area contributed by atoms with E-state index in [0.717, 1.165) is 0 Å². The second kappa shape index (κ2) is 5.85. The van der Waals surface area contributed by atoms with Crippen LogP contribution in [0.2, 0.25) is 0 Å². The Bertz CT molecular complexity index is 664. The maximum absolute atomic E-state index is 12.3. The second-order valence-electron chi connectivity index (χ2n) is 4.59. The number of Topliss-reactive ketones (excluding diaryl/α,β-unsaturated/α-hetero) is 1. The number of hydrogen-bond donors (Lipinski definition) is 0. The molecule has 21 heavy (non-hydrogen) atoms. The number of benzene rings is 1. The molecule has 3 nitrogen and oxygen atoms in total. The Balaban J connectivity index is 2.31. The molecule has 0 saturated heterocycles. The average Bonchev–Trinajstić information content (AvgIpc) is 2.73. The largest absolute Gasteiger partial charge is 0.573 e. The fraction of sp³-hybridized carbons (Fsp3) is 0.286. The molecular weight excluding hydrogens is 303 g/mol. The highest BCUT2D eigenvalue weighted by atomic mass is 32.1. The van der Waals surface area contributed by atoms with Gasteiger partial charge in [-0.3, -0.25) is 4.79 Å². The van der Waals surface area contributed by atoms with Crippen LogP contribution in [0.3, 0.4) is 0 Å². The molecule has 1 heterocycles. The summed E-state index contributed by atoms with van der Waals surface area (Å²) in [7, 11) is 0. The number of alkyl halides is 3. The molecule has 1 aromatic carbocycles. The molecule has 0 aliphatic carbocycles. The second-order valence-corrected chi connectivity index (χ2v) is 5.53. The summed E-state index contributed by atoms with van der Waals surface area (Å²) < 4.78 is 40.8. The third kappa shape index (κ3) is 4.56. The predicted octanol–water partition coefficient (Wildman–Crippen LogP) is 4.15. The van der Waals surface area contributed by atoms with Gasteiger partial charge in [-0.25, -0.2) is 4.98 Å². The Kier molecular flexibility index (Phi) is 4.32. The number of hydrogen-bond acceptors (Lipinski definition) is 4. The topological polar surface area (TPSA) is 39.2 Å². The monoisotopic (exact) mass is 315 g/mol. The van der Waals surface area contributed by atoms with Crippen molar-refractivity contribution in [3.8, 4) is 17.0 Å². The molecule has 0 fully saturated rings. The molecule has 0 saturated carbocycles. The molecule has 0 amide bonds. The van der Waals surface area contributed by atoms with Crippen LogP contribution < -0.4 is 4.74 Å². The van der Waals surface area contributed by atoms with E-state index in [9.17, 15) is 18.0 Å². The van der Waals surface area contributed by atoms with E-state index in [2.05, 4.69) is 9.72 Å². The first-order chi connectivity index (χ1) is 9.73. The van der Waals surface area contributed by atoms with Crippen molar-refractivity contribution in [2.75, 3.05) is 0 Å². The van der Waals surface area contributed by atoms with Gasteiger partial charge >= 0.3 is 6.36 Å². The lowest BCUT2D eigenvalue weighted by molar-refractivity contribution is -0.274. The molecule has 112 valence electrons. The lowest BCUT2D eigenvalue weighted by atomic mass is 10.1. The zero-order valence-electron chi connectivity index (χ0n) is 11.3. The molecule has 0 spiro atoms. The number of rotatable bonds is 4. The zero-order chi connectivity index (χ0) is 15.6. The van der Waals surface area contributed by atoms with Gasteiger partial charge in [0, 0.05) is 10.9 Å². The Hall–Kier alpha value is -1.89. The number of aromatic nitrogens is 1. The number of halogens is 3. The van der Waals surface area contributed by atoms with Crippen molar-refractivity contribution in [1.82, 2.24) is 4.98 Å². The fourth-order valence-corrected chi connectivity index (χ4v) is 2.70. The number of ether oxygens (including phenoxy) is 1. The van der Waals surface area contributed by atoms with Gasteiger partial charge in [0.1, 0.15) is 16.5 Å². The Morgan fingerprint density at radius 3 is 2.67 bits per heavy atom.